The molecule has 1 N–H and O–H groups in total. The fraction of sp³-hybridized carbons (Fsp3) is 0.733. The number of amides is 1. The topological polar surface area (TPSA) is 90.1 Å². The van der Waals surface area contributed by atoms with Gasteiger partial charge in [0.25, 0.3) is 0 Å². The summed E-state index contributed by atoms with van der Waals surface area (Å²) in [4.78, 5) is 22.2. The molecule has 1 heterocycles. The van der Waals surface area contributed by atoms with Crippen LogP contribution < -0.4 is 5.32 Å². The molecule has 8 heteroatoms. The van der Waals surface area contributed by atoms with Crippen LogP contribution in [0.1, 0.15) is 39.0 Å². The maximum atomic E-state index is 12.1. The van der Waals surface area contributed by atoms with Crippen LogP contribution in [0.25, 0.3) is 0 Å². The molecule has 7 nitrogen and oxygen atoms in total. The highest BCUT2D eigenvalue weighted by Crippen LogP contribution is 2.49. The van der Waals surface area contributed by atoms with Crippen LogP contribution in [-0.2, 0) is 11.3 Å². The van der Waals surface area contributed by atoms with Crippen LogP contribution in [-0.4, -0.2) is 26.7 Å². The van der Waals surface area contributed by atoms with Crippen LogP contribution in [0.3, 0.4) is 0 Å². The van der Waals surface area contributed by atoms with Gasteiger partial charge in [-0.05, 0) is 48.9 Å². The number of halogens is 1. The van der Waals surface area contributed by atoms with E-state index in [9.17, 15) is 14.9 Å². The van der Waals surface area contributed by atoms with E-state index in [1.807, 2.05) is 0 Å². The summed E-state index contributed by atoms with van der Waals surface area (Å²) in [6.07, 6.45) is 6.81. The van der Waals surface area contributed by atoms with Gasteiger partial charge in [-0.15, -0.1) is 0 Å². The predicted molar refractivity (Wildman–Crippen MR) is 85.1 cm³/mol. The molecule has 1 amide bonds. The average Bonchev–Trinajstić information content (AvgIpc) is 3.19. The molecular weight excluding hydrogens is 320 g/mol. The molecule has 1 aromatic heterocycles. The van der Waals surface area contributed by atoms with Gasteiger partial charge in [-0.3, -0.25) is 4.79 Å². The first-order valence-corrected chi connectivity index (χ1v) is 8.48. The van der Waals surface area contributed by atoms with Crippen molar-refractivity contribution in [1.29, 1.82) is 0 Å². The van der Waals surface area contributed by atoms with Crippen LogP contribution in [0.15, 0.2) is 6.20 Å². The molecule has 2 aliphatic rings. The number of nitro groups is 1. The van der Waals surface area contributed by atoms with Crippen LogP contribution >= 0.6 is 11.6 Å². The van der Waals surface area contributed by atoms with Crippen molar-refractivity contribution in [3.8, 4) is 0 Å². The molecule has 0 spiro atoms. The molecule has 0 unspecified atom stereocenters. The third kappa shape index (κ3) is 3.49. The van der Waals surface area contributed by atoms with E-state index in [1.165, 1.54) is 36.6 Å². The van der Waals surface area contributed by atoms with Gasteiger partial charge in [0.1, 0.15) is 0 Å². The van der Waals surface area contributed by atoms with Gasteiger partial charge in [-0.2, -0.15) is 4.68 Å². The van der Waals surface area contributed by atoms with Crippen molar-refractivity contribution >= 4 is 23.3 Å². The maximum Gasteiger partial charge on any atom is 0.408 e. The molecule has 0 aliphatic heterocycles. The van der Waals surface area contributed by atoms with Crippen LogP contribution in [0, 0.1) is 27.9 Å². The van der Waals surface area contributed by atoms with Crippen molar-refractivity contribution in [1.82, 2.24) is 15.1 Å². The number of nitrogens with one attached hydrogen (secondary N) is 1. The minimum Gasteiger partial charge on any atom is -0.358 e. The molecule has 0 radical (unpaired) electrons. The quantitative estimate of drug-likeness (QED) is 0.636. The molecule has 2 saturated carbocycles. The van der Waals surface area contributed by atoms with Gasteiger partial charge in [-0.25, -0.2) is 0 Å². The highest BCUT2D eigenvalue weighted by molar-refractivity contribution is 6.32. The summed E-state index contributed by atoms with van der Waals surface area (Å²) in [5.74, 6) is 1.80. The minimum absolute atomic E-state index is 0.00856. The monoisotopic (exact) mass is 340 g/mol. The molecule has 4 atom stereocenters. The predicted octanol–water partition coefficient (Wildman–Crippen LogP) is 2.78. The van der Waals surface area contributed by atoms with Gasteiger partial charge < -0.3 is 15.4 Å². The van der Waals surface area contributed by atoms with E-state index in [0.717, 1.165) is 11.8 Å². The van der Waals surface area contributed by atoms with Crippen molar-refractivity contribution in [2.75, 3.05) is 0 Å². The van der Waals surface area contributed by atoms with Crippen LogP contribution in [0.2, 0.25) is 5.02 Å². The Morgan fingerprint density at radius 3 is 2.91 bits per heavy atom. The Bertz CT molecular complexity index is 618. The van der Waals surface area contributed by atoms with E-state index >= 15 is 0 Å². The third-order valence-electron chi connectivity index (χ3n) is 5.26. The molecule has 0 aromatic carbocycles. The number of rotatable bonds is 6. The number of aromatic nitrogens is 2. The Hall–Kier alpha value is -1.63. The Morgan fingerprint density at radius 1 is 1.57 bits per heavy atom. The van der Waals surface area contributed by atoms with Gasteiger partial charge in [0.05, 0.1) is 17.8 Å². The molecule has 3 rings (SSSR count). The molecule has 2 bridgehead atoms. The number of aryl methyl sites for hydroxylation is 1. The van der Waals surface area contributed by atoms with Crippen molar-refractivity contribution < 1.29 is 9.72 Å². The Balaban J connectivity index is 1.48. The Kier molecular flexibility index (Phi) is 4.57. The van der Waals surface area contributed by atoms with Crippen molar-refractivity contribution in [3.63, 3.8) is 0 Å². The van der Waals surface area contributed by atoms with Gasteiger partial charge in [0.15, 0.2) is 5.02 Å². The zero-order valence-corrected chi connectivity index (χ0v) is 13.8. The highest BCUT2D eigenvalue weighted by Gasteiger charge is 2.42. The summed E-state index contributed by atoms with van der Waals surface area (Å²) in [5.41, 5.74) is 0. The summed E-state index contributed by atoms with van der Waals surface area (Å²) in [7, 11) is 0. The number of carbonyl (C=O) groups is 1. The lowest BCUT2D eigenvalue weighted by atomic mass is 9.84. The van der Waals surface area contributed by atoms with E-state index in [-0.39, 0.29) is 35.8 Å². The van der Waals surface area contributed by atoms with Crippen LogP contribution in [0.5, 0.6) is 0 Å². The Morgan fingerprint density at radius 2 is 2.35 bits per heavy atom. The number of hydrogen-bond donors (Lipinski definition) is 1. The largest absolute Gasteiger partial charge is 0.408 e. The van der Waals surface area contributed by atoms with Gasteiger partial charge in [0, 0.05) is 12.5 Å². The second-order valence-electron chi connectivity index (χ2n) is 6.77. The van der Waals surface area contributed by atoms with E-state index in [1.54, 1.807) is 0 Å². The second kappa shape index (κ2) is 6.47. The Labute approximate surface area is 139 Å². The summed E-state index contributed by atoms with van der Waals surface area (Å²) in [6.45, 7) is 2.36. The van der Waals surface area contributed by atoms with Crippen molar-refractivity contribution in [3.05, 3.63) is 21.3 Å². The number of nitrogens with zero attached hydrogens (tertiary/aromatic N) is 3. The highest BCUT2D eigenvalue weighted by atomic mass is 35.5. The molecule has 1 aromatic rings. The SMILES string of the molecule is C[C@H](NC(=O)CCn1cc(Cl)c([N+](=O)[O-])n1)[C@H]1C[C@@H]2CC[C@@H]1C2. The fourth-order valence-corrected chi connectivity index (χ4v) is 4.40. The summed E-state index contributed by atoms with van der Waals surface area (Å²) < 4.78 is 1.35. The number of carbonyl (C=O) groups excluding carboxylic acids is 1. The first-order chi connectivity index (χ1) is 10.9. The van der Waals surface area contributed by atoms with Gasteiger partial charge in [-0.1, -0.05) is 18.0 Å². The van der Waals surface area contributed by atoms with Crippen LogP contribution in [0.4, 0.5) is 5.82 Å². The van der Waals surface area contributed by atoms with E-state index in [0.29, 0.717) is 5.92 Å². The fourth-order valence-electron chi connectivity index (χ4n) is 4.18. The molecule has 0 saturated heterocycles. The van der Waals surface area contributed by atoms with Crippen molar-refractivity contribution in [2.45, 2.75) is 51.6 Å². The zero-order valence-electron chi connectivity index (χ0n) is 13.1. The number of hydrogen-bond acceptors (Lipinski definition) is 4. The minimum atomic E-state index is -0.629. The third-order valence-corrected chi connectivity index (χ3v) is 5.53. The van der Waals surface area contributed by atoms with E-state index in [4.69, 9.17) is 11.6 Å². The van der Waals surface area contributed by atoms with Crippen molar-refractivity contribution in [2.24, 2.45) is 17.8 Å². The summed E-state index contributed by atoms with van der Waals surface area (Å²) >= 11 is 5.74. The van der Waals surface area contributed by atoms with Gasteiger partial charge in [0.2, 0.25) is 5.91 Å². The molecule has 2 aliphatic carbocycles. The molecule has 126 valence electrons. The molecule has 23 heavy (non-hydrogen) atoms. The molecular formula is C15H21ClN4O3. The lowest BCUT2D eigenvalue weighted by molar-refractivity contribution is -0.389. The normalized spacial score (nSPS) is 27.1. The molecule has 2 fully saturated rings. The van der Waals surface area contributed by atoms with E-state index in [2.05, 4.69) is 17.3 Å². The smallest absolute Gasteiger partial charge is 0.358 e. The standard InChI is InChI=1S/C15H21ClN4O3/c1-9(12-7-10-2-3-11(12)6-10)17-14(21)4-5-19-8-13(16)15(18-19)20(22)23/h8-12H,2-7H2,1H3,(H,17,21)/t9-,10+,11+,12+/m0/s1. The van der Waals surface area contributed by atoms with E-state index < -0.39 is 4.92 Å². The first-order valence-electron chi connectivity index (χ1n) is 8.10. The second-order valence-corrected chi connectivity index (χ2v) is 7.17. The lowest BCUT2D eigenvalue weighted by Crippen LogP contribution is -2.40. The zero-order chi connectivity index (χ0) is 16.6. The average molecular weight is 341 g/mol. The maximum absolute atomic E-state index is 12.1. The summed E-state index contributed by atoms with van der Waals surface area (Å²) in [6, 6.07) is 0.188. The summed E-state index contributed by atoms with van der Waals surface area (Å²) in [5, 5.41) is 17.5. The number of fused-ring (bicyclic) bond motifs is 2. The first kappa shape index (κ1) is 16.2. The lowest BCUT2D eigenvalue weighted by Gasteiger charge is -2.28. The van der Waals surface area contributed by atoms with Gasteiger partial charge >= 0.3 is 5.82 Å².